The summed E-state index contributed by atoms with van der Waals surface area (Å²) in [6.07, 6.45) is -4.66. The molecule has 2 nitrogen and oxygen atoms in total. The Bertz CT molecular complexity index is 327. The molecule has 0 aliphatic heterocycles. The van der Waals surface area contributed by atoms with Gasteiger partial charge in [-0.1, -0.05) is 0 Å². The maximum Gasteiger partial charge on any atom is 0.573 e. The Labute approximate surface area is 87.2 Å². The van der Waals surface area contributed by atoms with Crippen molar-refractivity contribution in [1.82, 2.24) is 0 Å². The molecule has 0 radical (unpaired) electrons. The lowest BCUT2D eigenvalue weighted by Gasteiger charge is -2.11. The summed E-state index contributed by atoms with van der Waals surface area (Å²) in [6, 6.07) is 4.23. The van der Waals surface area contributed by atoms with Gasteiger partial charge in [-0.15, -0.1) is 13.2 Å². The third-order valence-electron chi connectivity index (χ3n) is 1.45. The first-order valence-electron chi connectivity index (χ1n) is 3.65. The Morgan fingerprint density at radius 3 is 2.43 bits per heavy atom. The molecule has 1 aromatic rings. The number of rotatable bonds is 2. The number of benzene rings is 1. The summed E-state index contributed by atoms with van der Waals surface area (Å²) in [5.41, 5.74) is 0.700. The van der Waals surface area contributed by atoms with Gasteiger partial charge >= 0.3 is 6.36 Å². The molecule has 0 amide bonds. The number of alkyl halides is 3. The van der Waals surface area contributed by atoms with Crippen molar-refractivity contribution in [1.29, 1.82) is 0 Å². The summed E-state index contributed by atoms with van der Waals surface area (Å²) in [5.74, 6) is -0.253. The van der Waals surface area contributed by atoms with Crippen LogP contribution in [0, 0.1) is 0 Å². The number of hydrogen-bond donors (Lipinski definition) is 1. The summed E-state index contributed by atoms with van der Waals surface area (Å²) in [6.45, 7) is 0. The standard InChI is InChI=1S/C8H7BrF3NO/c1-13-5-2-3-7(6(9)4-5)14-8(10,11)12/h2-4,13H,1H3. The van der Waals surface area contributed by atoms with E-state index in [1.807, 2.05) is 0 Å². The molecule has 0 saturated heterocycles. The van der Waals surface area contributed by atoms with Crippen molar-refractivity contribution >= 4 is 21.6 Å². The Balaban J connectivity index is 2.89. The molecule has 1 N–H and O–H groups in total. The minimum atomic E-state index is -4.66. The average molecular weight is 270 g/mol. The van der Waals surface area contributed by atoms with Gasteiger partial charge in [0.1, 0.15) is 5.75 Å². The smallest absolute Gasteiger partial charge is 0.405 e. The third-order valence-corrected chi connectivity index (χ3v) is 2.07. The van der Waals surface area contributed by atoms with Crippen LogP contribution in [0.25, 0.3) is 0 Å². The molecule has 0 heterocycles. The number of hydrogen-bond acceptors (Lipinski definition) is 2. The highest BCUT2D eigenvalue weighted by Crippen LogP contribution is 2.32. The normalized spacial score (nSPS) is 11.2. The van der Waals surface area contributed by atoms with E-state index in [1.165, 1.54) is 18.2 Å². The average Bonchev–Trinajstić information content (AvgIpc) is 2.06. The van der Waals surface area contributed by atoms with Gasteiger partial charge in [-0.25, -0.2) is 0 Å². The summed E-state index contributed by atoms with van der Waals surface area (Å²) in [5, 5.41) is 2.79. The van der Waals surface area contributed by atoms with Crippen LogP contribution in [0.3, 0.4) is 0 Å². The quantitative estimate of drug-likeness (QED) is 0.889. The first kappa shape index (κ1) is 11.2. The minimum Gasteiger partial charge on any atom is -0.405 e. The zero-order chi connectivity index (χ0) is 10.8. The summed E-state index contributed by atoms with van der Waals surface area (Å²) in [4.78, 5) is 0. The van der Waals surface area contributed by atoms with Crippen molar-refractivity contribution in [3.63, 3.8) is 0 Å². The molecule has 1 aromatic carbocycles. The molecule has 14 heavy (non-hydrogen) atoms. The van der Waals surface area contributed by atoms with Gasteiger partial charge in [0, 0.05) is 12.7 Å². The van der Waals surface area contributed by atoms with Crippen LogP contribution < -0.4 is 10.1 Å². The molecule has 0 bridgehead atoms. The van der Waals surface area contributed by atoms with E-state index in [4.69, 9.17) is 0 Å². The zero-order valence-electron chi connectivity index (χ0n) is 7.15. The fourth-order valence-electron chi connectivity index (χ4n) is 0.864. The van der Waals surface area contributed by atoms with Crippen LogP contribution in [0.2, 0.25) is 0 Å². The van der Waals surface area contributed by atoms with Crippen LogP contribution >= 0.6 is 15.9 Å². The van der Waals surface area contributed by atoms with E-state index in [1.54, 1.807) is 7.05 Å². The fraction of sp³-hybridized carbons (Fsp3) is 0.250. The molecule has 6 heteroatoms. The van der Waals surface area contributed by atoms with Gasteiger partial charge in [-0.2, -0.15) is 0 Å². The maximum absolute atomic E-state index is 11.8. The highest BCUT2D eigenvalue weighted by Gasteiger charge is 2.31. The second kappa shape index (κ2) is 4.08. The second-order valence-electron chi connectivity index (χ2n) is 2.44. The molecule has 0 aromatic heterocycles. The Morgan fingerprint density at radius 1 is 1.36 bits per heavy atom. The predicted octanol–water partition coefficient (Wildman–Crippen LogP) is 3.39. The van der Waals surface area contributed by atoms with E-state index in [2.05, 4.69) is 26.0 Å². The lowest BCUT2D eigenvalue weighted by Crippen LogP contribution is -2.17. The number of ether oxygens (including phenoxy) is 1. The Hall–Kier alpha value is -0.910. The van der Waals surface area contributed by atoms with Crippen molar-refractivity contribution in [2.45, 2.75) is 6.36 Å². The van der Waals surface area contributed by atoms with E-state index in [9.17, 15) is 13.2 Å². The number of nitrogens with one attached hydrogen (secondary N) is 1. The molecule has 0 unspecified atom stereocenters. The van der Waals surface area contributed by atoms with Gasteiger partial charge in [-0.05, 0) is 34.1 Å². The van der Waals surface area contributed by atoms with Crippen LogP contribution in [0.4, 0.5) is 18.9 Å². The highest BCUT2D eigenvalue weighted by atomic mass is 79.9. The van der Waals surface area contributed by atoms with Crippen molar-refractivity contribution in [3.8, 4) is 5.75 Å². The van der Waals surface area contributed by atoms with E-state index >= 15 is 0 Å². The second-order valence-corrected chi connectivity index (χ2v) is 3.30. The monoisotopic (exact) mass is 269 g/mol. The Kier molecular flexibility index (Phi) is 3.25. The Morgan fingerprint density at radius 2 is 2.00 bits per heavy atom. The molecular weight excluding hydrogens is 263 g/mol. The van der Waals surface area contributed by atoms with Crippen LogP contribution in [-0.4, -0.2) is 13.4 Å². The summed E-state index contributed by atoms with van der Waals surface area (Å²) >= 11 is 2.98. The molecule has 0 aliphatic carbocycles. The largest absolute Gasteiger partial charge is 0.573 e. The van der Waals surface area contributed by atoms with E-state index in [-0.39, 0.29) is 10.2 Å². The predicted molar refractivity (Wildman–Crippen MR) is 50.4 cm³/mol. The van der Waals surface area contributed by atoms with E-state index < -0.39 is 6.36 Å². The SMILES string of the molecule is CNc1ccc(OC(F)(F)F)c(Br)c1. The molecule has 0 atom stereocenters. The molecule has 78 valence electrons. The third kappa shape index (κ3) is 3.10. The molecule has 0 spiro atoms. The van der Waals surface area contributed by atoms with Crippen molar-refractivity contribution in [3.05, 3.63) is 22.7 Å². The van der Waals surface area contributed by atoms with Gasteiger partial charge in [0.05, 0.1) is 4.47 Å². The molecule has 1 rings (SSSR count). The van der Waals surface area contributed by atoms with Gasteiger partial charge in [0.2, 0.25) is 0 Å². The number of anilines is 1. The lowest BCUT2D eigenvalue weighted by atomic mass is 10.3. The van der Waals surface area contributed by atoms with Crippen LogP contribution in [0.15, 0.2) is 22.7 Å². The lowest BCUT2D eigenvalue weighted by molar-refractivity contribution is -0.274. The maximum atomic E-state index is 11.8. The van der Waals surface area contributed by atoms with Crippen molar-refractivity contribution in [2.75, 3.05) is 12.4 Å². The summed E-state index contributed by atoms with van der Waals surface area (Å²) < 4.78 is 39.5. The summed E-state index contributed by atoms with van der Waals surface area (Å²) in [7, 11) is 1.67. The van der Waals surface area contributed by atoms with Gasteiger partial charge in [0.15, 0.2) is 0 Å². The first-order chi connectivity index (χ1) is 6.42. The minimum absolute atomic E-state index is 0.252. The topological polar surface area (TPSA) is 21.3 Å². The molecular formula is C8H7BrF3NO. The van der Waals surface area contributed by atoms with E-state index in [0.717, 1.165) is 0 Å². The molecule has 0 aliphatic rings. The highest BCUT2D eigenvalue weighted by molar-refractivity contribution is 9.10. The molecule has 0 saturated carbocycles. The van der Waals surface area contributed by atoms with Crippen LogP contribution in [0.5, 0.6) is 5.75 Å². The fourth-order valence-corrected chi connectivity index (χ4v) is 1.32. The van der Waals surface area contributed by atoms with Gasteiger partial charge < -0.3 is 10.1 Å². The van der Waals surface area contributed by atoms with Crippen molar-refractivity contribution in [2.24, 2.45) is 0 Å². The van der Waals surface area contributed by atoms with Gasteiger partial charge in [0.25, 0.3) is 0 Å². The van der Waals surface area contributed by atoms with Crippen LogP contribution in [0.1, 0.15) is 0 Å². The van der Waals surface area contributed by atoms with Crippen molar-refractivity contribution < 1.29 is 17.9 Å². The van der Waals surface area contributed by atoms with E-state index in [0.29, 0.717) is 5.69 Å². The number of halogens is 4. The van der Waals surface area contributed by atoms with Crippen LogP contribution in [-0.2, 0) is 0 Å². The first-order valence-corrected chi connectivity index (χ1v) is 4.45. The van der Waals surface area contributed by atoms with Gasteiger partial charge in [-0.3, -0.25) is 0 Å². The zero-order valence-corrected chi connectivity index (χ0v) is 8.74. The molecule has 0 fully saturated rings.